The Bertz CT molecular complexity index is 566. The summed E-state index contributed by atoms with van der Waals surface area (Å²) in [6.45, 7) is 2.09. The second kappa shape index (κ2) is 6.11. The smallest absolute Gasteiger partial charge is 0.123 e. The first-order valence-corrected chi connectivity index (χ1v) is 7.00. The zero-order valence-corrected chi connectivity index (χ0v) is 12.9. The van der Waals surface area contributed by atoms with Crippen molar-refractivity contribution in [2.24, 2.45) is 0 Å². The Hall–Kier alpha value is -1.48. The summed E-state index contributed by atoms with van der Waals surface area (Å²) in [5, 5.41) is 0. The first-order chi connectivity index (χ1) is 9.15. The molecule has 1 atom stereocenters. The van der Waals surface area contributed by atoms with Crippen molar-refractivity contribution in [2.75, 3.05) is 14.2 Å². The summed E-state index contributed by atoms with van der Waals surface area (Å²) in [4.78, 5) is 0.0810. The van der Waals surface area contributed by atoms with Crippen molar-refractivity contribution in [2.45, 2.75) is 11.8 Å². The van der Waals surface area contributed by atoms with Gasteiger partial charge in [-0.2, -0.15) is 0 Å². The Kier molecular flexibility index (Phi) is 4.48. The molecule has 100 valence electrons. The molecule has 3 heteroatoms. The average molecular weight is 321 g/mol. The van der Waals surface area contributed by atoms with Crippen LogP contribution in [-0.4, -0.2) is 14.2 Å². The molecule has 2 aromatic carbocycles. The standard InChI is InChI=1S/C16H17BrO2/c1-11-5-4-6-12(9-11)16(17)14-10-13(18-2)7-8-15(14)19-3/h4-10,16H,1-3H3. The minimum Gasteiger partial charge on any atom is -0.497 e. The van der Waals surface area contributed by atoms with E-state index in [0.29, 0.717) is 0 Å². The lowest BCUT2D eigenvalue weighted by Crippen LogP contribution is -1.98. The lowest BCUT2D eigenvalue weighted by atomic mass is 10.0. The average Bonchev–Trinajstić information content (AvgIpc) is 2.45. The van der Waals surface area contributed by atoms with Gasteiger partial charge in [0.2, 0.25) is 0 Å². The van der Waals surface area contributed by atoms with Gasteiger partial charge in [-0.3, -0.25) is 0 Å². The number of rotatable bonds is 4. The summed E-state index contributed by atoms with van der Waals surface area (Å²) in [6.07, 6.45) is 0. The molecule has 2 rings (SSSR count). The van der Waals surface area contributed by atoms with E-state index in [0.717, 1.165) is 17.1 Å². The SMILES string of the molecule is COc1ccc(OC)c(C(Br)c2cccc(C)c2)c1. The lowest BCUT2D eigenvalue weighted by Gasteiger charge is -2.16. The summed E-state index contributed by atoms with van der Waals surface area (Å²) >= 11 is 3.75. The van der Waals surface area contributed by atoms with Crippen LogP contribution in [0.25, 0.3) is 0 Å². The Morgan fingerprint density at radius 1 is 1.00 bits per heavy atom. The van der Waals surface area contributed by atoms with Crippen LogP contribution in [0.4, 0.5) is 0 Å². The Balaban J connectivity index is 2.44. The van der Waals surface area contributed by atoms with Crippen LogP contribution in [-0.2, 0) is 0 Å². The number of methoxy groups -OCH3 is 2. The third kappa shape index (κ3) is 3.10. The molecule has 2 nitrogen and oxygen atoms in total. The Labute approximate surface area is 122 Å². The molecule has 0 saturated carbocycles. The van der Waals surface area contributed by atoms with Gasteiger partial charge in [-0.1, -0.05) is 45.8 Å². The van der Waals surface area contributed by atoms with Crippen molar-refractivity contribution >= 4 is 15.9 Å². The molecule has 0 aliphatic heterocycles. The molecule has 0 bridgehead atoms. The summed E-state index contributed by atoms with van der Waals surface area (Å²) in [6, 6.07) is 14.2. The molecule has 0 N–H and O–H groups in total. The summed E-state index contributed by atoms with van der Waals surface area (Å²) in [7, 11) is 3.35. The molecule has 0 amide bonds. The van der Waals surface area contributed by atoms with Gasteiger partial charge in [0.05, 0.1) is 19.0 Å². The van der Waals surface area contributed by atoms with Crippen molar-refractivity contribution < 1.29 is 9.47 Å². The molecule has 0 saturated heterocycles. The molecule has 0 fully saturated rings. The molecule has 2 aromatic rings. The quantitative estimate of drug-likeness (QED) is 0.772. The maximum Gasteiger partial charge on any atom is 0.123 e. The highest BCUT2D eigenvalue weighted by Crippen LogP contribution is 2.38. The molecule has 19 heavy (non-hydrogen) atoms. The van der Waals surface area contributed by atoms with E-state index in [1.807, 2.05) is 18.2 Å². The van der Waals surface area contributed by atoms with Crippen LogP contribution in [0.1, 0.15) is 21.5 Å². The van der Waals surface area contributed by atoms with Crippen LogP contribution in [0.3, 0.4) is 0 Å². The van der Waals surface area contributed by atoms with E-state index in [1.54, 1.807) is 14.2 Å². The van der Waals surface area contributed by atoms with Gasteiger partial charge in [-0.05, 0) is 30.7 Å². The second-order valence-electron chi connectivity index (χ2n) is 4.38. The fourth-order valence-electron chi connectivity index (χ4n) is 2.04. The number of aryl methyl sites for hydroxylation is 1. The topological polar surface area (TPSA) is 18.5 Å². The molecular formula is C16H17BrO2. The highest BCUT2D eigenvalue weighted by Gasteiger charge is 2.16. The molecule has 0 aromatic heterocycles. The van der Waals surface area contributed by atoms with Gasteiger partial charge in [0.25, 0.3) is 0 Å². The molecule has 0 spiro atoms. The van der Waals surface area contributed by atoms with Gasteiger partial charge < -0.3 is 9.47 Å². The highest BCUT2D eigenvalue weighted by atomic mass is 79.9. The number of benzene rings is 2. The largest absolute Gasteiger partial charge is 0.497 e. The van der Waals surface area contributed by atoms with Crippen molar-refractivity contribution in [3.05, 3.63) is 59.2 Å². The van der Waals surface area contributed by atoms with E-state index in [1.165, 1.54) is 11.1 Å². The zero-order valence-electron chi connectivity index (χ0n) is 11.3. The molecule has 1 unspecified atom stereocenters. The Morgan fingerprint density at radius 3 is 2.42 bits per heavy atom. The maximum atomic E-state index is 5.43. The van der Waals surface area contributed by atoms with Crippen LogP contribution in [0, 0.1) is 6.92 Å². The van der Waals surface area contributed by atoms with E-state index in [4.69, 9.17) is 9.47 Å². The van der Waals surface area contributed by atoms with E-state index in [9.17, 15) is 0 Å². The highest BCUT2D eigenvalue weighted by molar-refractivity contribution is 9.09. The van der Waals surface area contributed by atoms with Gasteiger partial charge in [0.15, 0.2) is 0 Å². The van der Waals surface area contributed by atoms with Crippen molar-refractivity contribution in [3.63, 3.8) is 0 Å². The first-order valence-electron chi connectivity index (χ1n) is 6.08. The van der Waals surface area contributed by atoms with Gasteiger partial charge in [0.1, 0.15) is 11.5 Å². The summed E-state index contributed by atoms with van der Waals surface area (Å²) < 4.78 is 10.7. The number of alkyl halides is 1. The Morgan fingerprint density at radius 2 is 1.79 bits per heavy atom. The minimum absolute atomic E-state index is 0.0810. The summed E-state index contributed by atoms with van der Waals surface area (Å²) in [5.41, 5.74) is 3.50. The van der Waals surface area contributed by atoms with E-state index in [-0.39, 0.29) is 4.83 Å². The van der Waals surface area contributed by atoms with E-state index < -0.39 is 0 Å². The predicted molar refractivity (Wildman–Crippen MR) is 81.5 cm³/mol. The van der Waals surface area contributed by atoms with Gasteiger partial charge in [-0.15, -0.1) is 0 Å². The molecule has 0 radical (unpaired) electrons. The number of hydrogen-bond acceptors (Lipinski definition) is 2. The normalized spacial score (nSPS) is 12.0. The van der Waals surface area contributed by atoms with Crippen LogP contribution < -0.4 is 9.47 Å². The first kappa shape index (κ1) is 13.9. The molecule has 0 aliphatic rings. The third-order valence-electron chi connectivity index (χ3n) is 3.04. The molecular weight excluding hydrogens is 304 g/mol. The fraction of sp³-hybridized carbons (Fsp3) is 0.250. The van der Waals surface area contributed by atoms with Gasteiger partial charge in [-0.25, -0.2) is 0 Å². The van der Waals surface area contributed by atoms with E-state index in [2.05, 4.69) is 47.1 Å². The van der Waals surface area contributed by atoms with Gasteiger partial charge in [0, 0.05) is 5.56 Å². The van der Waals surface area contributed by atoms with Crippen LogP contribution in [0.15, 0.2) is 42.5 Å². The van der Waals surface area contributed by atoms with Crippen molar-refractivity contribution in [3.8, 4) is 11.5 Å². The lowest BCUT2D eigenvalue weighted by molar-refractivity contribution is 0.399. The predicted octanol–water partition coefficient (Wildman–Crippen LogP) is 4.50. The summed E-state index contributed by atoms with van der Waals surface area (Å²) in [5.74, 6) is 1.68. The third-order valence-corrected chi connectivity index (χ3v) is 4.07. The second-order valence-corrected chi connectivity index (χ2v) is 5.30. The number of halogens is 1. The van der Waals surface area contributed by atoms with Crippen LogP contribution >= 0.6 is 15.9 Å². The monoisotopic (exact) mass is 320 g/mol. The zero-order chi connectivity index (χ0) is 13.8. The minimum atomic E-state index is 0.0810. The van der Waals surface area contributed by atoms with Gasteiger partial charge >= 0.3 is 0 Å². The number of ether oxygens (including phenoxy) is 2. The maximum absolute atomic E-state index is 5.43. The van der Waals surface area contributed by atoms with Crippen LogP contribution in [0.2, 0.25) is 0 Å². The van der Waals surface area contributed by atoms with E-state index >= 15 is 0 Å². The fourth-order valence-corrected chi connectivity index (χ4v) is 2.69. The van der Waals surface area contributed by atoms with Crippen molar-refractivity contribution in [1.29, 1.82) is 0 Å². The van der Waals surface area contributed by atoms with Crippen LogP contribution in [0.5, 0.6) is 11.5 Å². The van der Waals surface area contributed by atoms with Crippen molar-refractivity contribution in [1.82, 2.24) is 0 Å². The molecule has 0 heterocycles. The molecule has 0 aliphatic carbocycles. The number of hydrogen-bond donors (Lipinski definition) is 0.